The predicted octanol–water partition coefficient (Wildman–Crippen LogP) is 3.08. The van der Waals surface area contributed by atoms with Gasteiger partial charge in [-0.1, -0.05) is 17.7 Å². The Balaban J connectivity index is 2.09. The van der Waals surface area contributed by atoms with Gasteiger partial charge in [-0.05, 0) is 56.2 Å². The molecule has 0 unspecified atom stereocenters. The van der Waals surface area contributed by atoms with E-state index >= 15 is 0 Å². The van der Waals surface area contributed by atoms with Crippen molar-refractivity contribution in [2.75, 3.05) is 0 Å². The van der Waals surface area contributed by atoms with E-state index in [1.807, 2.05) is 20.8 Å². The van der Waals surface area contributed by atoms with Crippen molar-refractivity contribution >= 4 is 12.1 Å². The first kappa shape index (κ1) is 14.8. The van der Waals surface area contributed by atoms with Crippen molar-refractivity contribution in [2.45, 2.75) is 20.8 Å². The molecule has 0 aliphatic rings. The summed E-state index contributed by atoms with van der Waals surface area (Å²) in [6, 6.07) is 10.2. The number of hydrogen-bond donors (Lipinski definition) is 2. The van der Waals surface area contributed by atoms with E-state index < -0.39 is 0 Å². The highest BCUT2D eigenvalue weighted by molar-refractivity contribution is 5.95. The average Bonchev–Trinajstić information content (AvgIpc) is 2.42. The highest BCUT2D eigenvalue weighted by Crippen LogP contribution is 2.14. The van der Waals surface area contributed by atoms with E-state index in [1.165, 1.54) is 17.7 Å². The first-order valence-electron chi connectivity index (χ1n) is 6.67. The number of hydrogen-bond acceptors (Lipinski definition) is 3. The lowest BCUT2D eigenvalue weighted by atomic mass is 10.0. The van der Waals surface area contributed by atoms with Crippen molar-refractivity contribution < 1.29 is 9.90 Å². The molecule has 108 valence electrons. The number of phenolic OH excluding ortho intramolecular Hbond substituents is 1. The van der Waals surface area contributed by atoms with Crippen LogP contribution in [0.25, 0.3) is 0 Å². The van der Waals surface area contributed by atoms with Crippen LogP contribution < -0.4 is 5.43 Å². The van der Waals surface area contributed by atoms with Gasteiger partial charge in [0.25, 0.3) is 5.91 Å². The molecule has 0 saturated heterocycles. The Labute approximate surface area is 124 Å². The van der Waals surface area contributed by atoms with E-state index in [1.54, 1.807) is 18.3 Å². The minimum absolute atomic E-state index is 0.126. The summed E-state index contributed by atoms with van der Waals surface area (Å²) < 4.78 is 0. The van der Waals surface area contributed by atoms with E-state index in [0.717, 1.165) is 16.7 Å². The number of carbonyl (C=O) groups is 1. The third-order valence-corrected chi connectivity index (χ3v) is 3.23. The summed E-state index contributed by atoms with van der Waals surface area (Å²) >= 11 is 0. The SMILES string of the molecule is Cc1cc(C)c(/C=N/NC(=O)c2ccc(O)cc2)c(C)c1. The number of amides is 1. The molecule has 0 aromatic heterocycles. The van der Waals surface area contributed by atoms with Crippen molar-refractivity contribution in [3.63, 3.8) is 0 Å². The number of phenols is 1. The van der Waals surface area contributed by atoms with Crippen molar-refractivity contribution in [1.29, 1.82) is 0 Å². The number of benzene rings is 2. The number of aromatic hydroxyl groups is 1. The van der Waals surface area contributed by atoms with E-state index in [9.17, 15) is 9.90 Å². The summed E-state index contributed by atoms with van der Waals surface area (Å²) in [6.45, 7) is 6.08. The van der Waals surface area contributed by atoms with Crippen LogP contribution in [-0.2, 0) is 0 Å². The molecule has 0 spiro atoms. The van der Waals surface area contributed by atoms with Crippen LogP contribution in [0.15, 0.2) is 41.5 Å². The Kier molecular flexibility index (Phi) is 4.38. The molecule has 2 rings (SSSR count). The fourth-order valence-electron chi connectivity index (χ4n) is 2.23. The zero-order valence-electron chi connectivity index (χ0n) is 12.3. The highest BCUT2D eigenvalue weighted by Gasteiger charge is 2.04. The fourth-order valence-corrected chi connectivity index (χ4v) is 2.23. The third-order valence-electron chi connectivity index (χ3n) is 3.23. The van der Waals surface area contributed by atoms with Crippen LogP contribution in [0.1, 0.15) is 32.6 Å². The van der Waals surface area contributed by atoms with Crippen LogP contribution in [0.5, 0.6) is 5.75 Å². The lowest BCUT2D eigenvalue weighted by Crippen LogP contribution is -2.17. The van der Waals surface area contributed by atoms with Gasteiger partial charge in [0.1, 0.15) is 5.75 Å². The predicted molar refractivity (Wildman–Crippen MR) is 83.8 cm³/mol. The van der Waals surface area contributed by atoms with Crippen LogP contribution in [0.4, 0.5) is 0 Å². The Bertz CT molecular complexity index is 665. The second-order valence-electron chi connectivity index (χ2n) is 5.06. The minimum Gasteiger partial charge on any atom is -0.508 e. The third kappa shape index (κ3) is 3.69. The van der Waals surface area contributed by atoms with E-state index in [-0.39, 0.29) is 11.7 Å². The maximum atomic E-state index is 11.9. The molecule has 0 fully saturated rings. The number of aryl methyl sites for hydroxylation is 3. The van der Waals surface area contributed by atoms with Crippen molar-refractivity contribution in [3.05, 3.63) is 64.2 Å². The molecule has 21 heavy (non-hydrogen) atoms. The van der Waals surface area contributed by atoms with Crippen LogP contribution in [-0.4, -0.2) is 17.2 Å². The van der Waals surface area contributed by atoms with Gasteiger partial charge >= 0.3 is 0 Å². The minimum atomic E-state index is -0.311. The molecule has 0 bridgehead atoms. The zero-order chi connectivity index (χ0) is 15.4. The van der Waals surface area contributed by atoms with Gasteiger partial charge in [-0.3, -0.25) is 4.79 Å². The lowest BCUT2D eigenvalue weighted by Gasteiger charge is -2.06. The molecule has 2 aromatic carbocycles. The second kappa shape index (κ2) is 6.22. The summed E-state index contributed by atoms with van der Waals surface area (Å²) in [6.07, 6.45) is 1.66. The Morgan fingerprint density at radius 3 is 2.24 bits per heavy atom. The Hall–Kier alpha value is -2.62. The van der Waals surface area contributed by atoms with Crippen molar-refractivity contribution in [2.24, 2.45) is 5.10 Å². The lowest BCUT2D eigenvalue weighted by molar-refractivity contribution is 0.0955. The van der Waals surface area contributed by atoms with E-state index in [2.05, 4.69) is 22.7 Å². The number of hydrazone groups is 1. The van der Waals surface area contributed by atoms with Gasteiger partial charge in [-0.25, -0.2) is 5.43 Å². The normalized spacial score (nSPS) is 10.8. The topological polar surface area (TPSA) is 61.7 Å². The Morgan fingerprint density at radius 2 is 1.67 bits per heavy atom. The molecule has 4 nitrogen and oxygen atoms in total. The first-order valence-corrected chi connectivity index (χ1v) is 6.67. The molecule has 0 radical (unpaired) electrons. The molecule has 0 aliphatic carbocycles. The van der Waals surface area contributed by atoms with E-state index in [4.69, 9.17) is 0 Å². The van der Waals surface area contributed by atoms with Crippen molar-refractivity contribution in [1.82, 2.24) is 5.43 Å². The molecule has 0 saturated carbocycles. The zero-order valence-corrected chi connectivity index (χ0v) is 12.3. The van der Waals surface area contributed by atoms with Gasteiger partial charge in [0.2, 0.25) is 0 Å². The van der Waals surface area contributed by atoms with Gasteiger partial charge < -0.3 is 5.11 Å². The van der Waals surface area contributed by atoms with Crippen molar-refractivity contribution in [3.8, 4) is 5.75 Å². The van der Waals surface area contributed by atoms with Crippen LogP contribution in [0.3, 0.4) is 0 Å². The number of rotatable bonds is 3. The number of nitrogens with one attached hydrogen (secondary N) is 1. The Morgan fingerprint density at radius 1 is 1.10 bits per heavy atom. The standard InChI is InChI=1S/C17H18N2O2/c1-11-8-12(2)16(13(3)9-11)10-18-19-17(21)14-4-6-15(20)7-5-14/h4-10,20H,1-3H3,(H,19,21)/b18-10+. The summed E-state index contributed by atoms with van der Waals surface area (Å²) in [5, 5.41) is 13.2. The maximum absolute atomic E-state index is 11.9. The number of nitrogens with zero attached hydrogens (tertiary/aromatic N) is 1. The maximum Gasteiger partial charge on any atom is 0.271 e. The molecule has 2 aromatic rings. The summed E-state index contributed by atoms with van der Waals surface area (Å²) in [5.74, 6) is -0.186. The van der Waals surface area contributed by atoms with Crippen LogP contribution in [0, 0.1) is 20.8 Å². The smallest absolute Gasteiger partial charge is 0.271 e. The summed E-state index contributed by atoms with van der Waals surface area (Å²) in [7, 11) is 0. The van der Waals surface area contributed by atoms with Crippen LogP contribution in [0.2, 0.25) is 0 Å². The van der Waals surface area contributed by atoms with Gasteiger partial charge in [0, 0.05) is 11.1 Å². The molecule has 0 heterocycles. The molecular formula is C17H18N2O2. The molecule has 2 N–H and O–H groups in total. The fraction of sp³-hybridized carbons (Fsp3) is 0.176. The average molecular weight is 282 g/mol. The highest BCUT2D eigenvalue weighted by atomic mass is 16.3. The number of carbonyl (C=O) groups excluding carboxylic acids is 1. The monoisotopic (exact) mass is 282 g/mol. The van der Waals surface area contributed by atoms with Gasteiger partial charge in [0.05, 0.1) is 6.21 Å². The largest absolute Gasteiger partial charge is 0.508 e. The molecule has 4 heteroatoms. The van der Waals surface area contributed by atoms with Gasteiger partial charge in [-0.15, -0.1) is 0 Å². The quantitative estimate of drug-likeness (QED) is 0.671. The van der Waals surface area contributed by atoms with Gasteiger partial charge in [0.15, 0.2) is 0 Å². The molecular weight excluding hydrogens is 264 g/mol. The summed E-state index contributed by atoms with van der Waals surface area (Å²) in [4.78, 5) is 11.9. The molecule has 0 aliphatic heterocycles. The van der Waals surface area contributed by atoms with E-state index in [0.29, 0.717) is 5.56 Å². The molecule has 1 amide bonds. The second-order valence-corrected chi connectivity index (χ2v) is 5.06. The molecule has 0 atom stereocenters. The van der Waals surface area contributed by atoms with Crippen LogP contribution >= 0.6 is 0 Å². The summed E-state index contributed by atoms with van der Waals surface area (Å²) in [5.41, 5.74) is 7.38. The first-order chi connectivity index (χ1) is 9.97. The van der Waals surface area contributed by atoms with Gasteiger partial charge in [-0.2, -0.15) is 5.10 Å².